The third-order valence-electron chi connectivity index (χ3n) is 2.80. The molecule has 1 aromatic rings. The van der Waals surface area contributed by atoms with Crippen LogP contribution in [0.25, 0.3) is 0 Å². The molecular formula is C16H25NO2S. The number of hydrogen-bond donors (Lipinski definition) is 2. The highest BCUT2D eigenvalue weighted by atomic mass is 32.2. The van der Waals surface area contributed by atoms with E-state index in [-0.39, 0.29) is 16.7 Å². The Morgan fingerprint density at radius 3 is 2.45 bits per heavy atom. The van der Waals surface area contributed by atoms with E-state index in [1.807, 2.05) is 37.3 Å². The van der Waals surface area contributed by atoms with E-state index in [0.717, 1.165) is 5.56 Å². The van der Waals surface area contributed by atoms with E-state index >= 15 is 0 Å². The quantitative estimate of drug-likeness (QED) is 0.847. The van der Waals surface area contributed by atoms with Gasteiger partial charge in [-0.05, 0) is 18.9 Å². The van der Waals surface area contributed by atoms with Crippen LogP contribution in [-0.4, -0.2) is 27.6 Å². The van der Waals surface area contributed by atoms with Crippen LogP contribution in [0, 0.1) is 0 Å². The van der Waals surface area contributed by atoms with E-state index in [1.165, 1.54) is 0 Å². The molecule has 0 spiro atoms. The van der Waals surface area contributed by atoms with Gasteiger partial charge < -0.3 is 10.4 Å². The molecule has 4 heteroatoms. The molecular weight excluding hydrogens is 270 g/mol. The number of thioether (sulfide) groups is 1. The third-order valence-corrected chi connectivity index (χ3v) is 4.08. The molecule has 0 saturated carbocycles. The van der Waals surface area contributed by atoms with Crippen LogP contribution < -0.4 is 5.32 Å². The molecule has 112 valence electrons. The van der Waals surface area contributed by atoms with Crippen LogP contribution in [-0.2, 0) is 4.79 Å². The number of amides is 1. The highest BCUT2D eigenvalue weighted by Gasteiger charge is 2.17. The molecule has 1 amide bonds. The zero-order valence-corrected chi connectivity index (χ0v) is 13.5. The van der Waals surface area contributed by atoms with E-state index in [2.05, 4.69) is 26.1 Å². The van der Waals surface area contributed by atoms with Crippen molar-refractivity contribution in [3.63, 3.8) is 0 Å². The van der Waals surface area contributed by atoms with Gasteiger partial charge in [0.05, 0.1) is 11.9 Å². The molecule has 1 rings (SSSR count). The number of nitrogens with one attached hydrogen (secondary N) is 1. The molecule has 0 heterocycles. The van der Waals surface area contributed by atoms with Crippen molar-refractivity contribution in [3.05, 3.63) is 35.9 Å². The van der Waals surface area contributed by atoms with Gasteiger partial charge in [-0.1, -0.05) is 51.1 Å². The van der Waals surface area contributed by atoms with Crippen molar-refractivity contribution in [2.45, 2.75) is 51.0 Å². The molecule has 1 aromatic carbocycles. The van der Waals surface area contributed by atoms with E-state index in [1.54, 1.807) is 11.8 Å². The van der Waals surface area contributed by atoms with E-state index in [4.69, 9.17) is 0 Å². The number of carbonyl (C=O) groups is 1. The Morgan fingerprint density at radius 1 is 1.30 bits per heavy atom. The van der Waals surface area contributed by atoms with Gasteiger partial charge in [0, 0.05) is 10.8 Å². The Morgan fingerprint density at radius 2 is 1.90 bits per heavy atom. The highest BCUT2D eigenvalue weighted by Crippen LogP contribution is 2.23. The number of aliphatic hydroxyl groups is 1. The van der Waals surface area contributed by atoms with Crippen molar-refractivity contribution in [3.8, 4) is 0 Å². The van der Waals surface area contributed by atoms with Gasteiger partial charge in [-0.15, -0.1) is 11.8 Å². The first-order valence-electron chi connectivity index (χ1n) is 6.94. The number of benzene rings is 1. The Kier molecular flexibility index (Phi) is 6.56. The third kappa shape index (κ3) is 6.96. The lowest BCUT2D eigenvalue weighted by molar-refractivity contribution is -0.119. The molecule has 3 nitrogen and oxygen atoms in total. The monoisotopic (exact) mass is 295 g/mol. The lowest BCUT2D eigenvalue weighted by atomic mass is 10.0. The molecule has 0 aliphatic rings. The maximum atomic E-state index is 11.8. The minimum Gasteiger partial charge on any atom is -0.388 e. The van der Waals surface area contributed by atoms with Gasteiger partial charge in [0.25, 0.3) is 0 Å². The van der Waals surface area contributed by atoms with Crippen LogP contribution in [0.4, 0.5) is 0 Å². The molecule has 0 aliphatic carbocycles. The topological polar surface area (TPSA) is 49.3 Å². The summed E-state index contributed by atoms with van der Waals surface area (Å²) >= 11 is 1.62. The van der Waals surface area contributed by atoms with Crippen molar-refractivity contribution < 1.29 is 9.90 Å². The normalized spacial score (nSPS) is 14.7. The summed E-state index contributed by atoms with van der Waals surface area (Å²) in [5.41, 5.74) is 0.887. The van der Waals surface area contributed by atoms with Crippen molar-refractivity contribution in [1.82, 2.24) is 5.32 Å². The molecule has 0 radical (unpaired) electrons. The average molecular weight is 295 g/mol. The zero-order valence-electron chi connectivity index (χ0n) is 12.7. The fraction of sp³-hybridized carbons (Fsp3) is 0.562. The fourth-order valence-corrected chi connectivity index (χ4v) is 2.45. The summed E-state index contributed by atoms with van der Waals surface area (Å²) in [5, 5.41) is 13.0. The molecule has 0 saturated heterocycles. The molecule has 0 bridgehead atoms. The van der Waals surface area contributed by atoms with Gasteiger partial charge in [-0.3, -0.25) is 4.79 Å². The number of hydrogen-bond acceptors (Lipinski definition) is 3. The highest BCUT2D eigenvalue weighted by molar-refractivity contribution is 8.01. The first-order chi connectivity index (χ1) is 9.28. The summed E-state index contributed by atoms with van der Waals surface area (Å²) < 4.78 is 0.0874. The Bertz CT molecular complexity index is 414. The van der Waals surface area contributed by atoms with Gasteiger partial charge in [-0.25, -0.2) is 0 Å². The summed E-state index contributed by atoms with van der Waals surface area (Å²) in [5.74, 6) is 0.479. The zero-order chi connectivity index (χ0) is 15.2. The van der Waals surface area contributed by atoms with Crippen LogP contribution >= 0.6 is 11.8 Å². The Labute approximate surface area is 126 Å². The SMILES string of the molecule is C[C@H](C[C@@H](O)c1ccccc1)NC(=O)CSC(C)(C)C. The van der Waals surface area contributed by atoms with E-state index in [0.29, 0.717) is 12.2 Å². The number of rotatable bonds is 6. The molecule has 0 aliphatic heterocycles. The maximum absolute atomic E-state index is 11.8. The minimum atomic E-state index is -0.540. The fourth-order valence-electron chi connectivity index (χ4n) is 1.80. The van der Waals surface area contributed by atoms with Crippen molar-refractivity contribution in [2.24, 2.45) is 0 Å². The van der Waals surface area contributed by atoms with E-state index in [9.17, 15) is 9.90 Å². The molecule has 2 atom stereocenters. The van der Waals surface area contributed by atoms with Crippen molar-refractivity contribution in [2.75, 3.05) is 5.75 Å². The Balaban J connectivity index is 2.36. The smallest absolute Gasteiger partial charge is 0.230 e. The first kappa shape index (κ1) is 17.1. The molecule has 0 fully saturated rings. The summed E-state index contributed by atoms with van der Waals surface area (Å²) in [6, 6.07) is 9.48. The second-order valence-electron chi connectivity index (χ2n) is 6.03. The van der Waals surface area contributed by atoms with Crippen LogP contribution in [0.1, 0.15) is 45.8 Å². The predicted molar refractivity (Wildman–Crippen MR) is 85.8 cm³/mol. The van der Waals surface area contributed by atoms with Gasteiger partial charge >= 0.3 is 0 Å². The number of carbonyl (C=O) groups excluding carboxylic acids is 1. The van der Waals surface area contributed by atoms with Gasteiger partial charge in [0.2, 0.25) is 5.91 Å². The van der Waals surface area contributed by atoms with Crippen LogP contribution in [0.5, 0.6) is 0 Å². The van der Waals surface area contributed by atoms with Crippen molar-refractivity contribution in [1.29, 1.82) is 0 Å². The van der Waals surface area contributed by atoms with Crippen molar-refractivity contribution >= 4 is 17.7 Å². The largest absolute Gasteiger partial charge is 0.388 e. The molecule has 2 N–H and O–H groups in total. The number of aliphatic hydroxyl groups excluding tert-OH is 1. The second kappa shape index (κ2) is 7.70. The molecule has 0 aromatic heterocycles. The average Bonchev–Trinajstić information content (AvgIpc) is 2.36. The Hall–Kier alpha value is -1.000. The summed E-state index contributed by atoms with van der Waals surface area (Å²) in [7, 11) is 0. The first-order valence-corrected chi connectivity index (χ1v) is 7.93. The maximum Gasteiger partial charge on any atom is 0.230 e. The van der Waals surface area contributed by atoms with Crippen LogP contribution in [0.2, 0.25) is 0 Å². The minimum absolute atomic E-state index is 0.0256. The lowest BCUT2D eigenvalue weighted by Gasteiger charge is -2.20. The van der Waals surface area contributed by atoms with Crippen LogP contribution in [0.15, 0.2) is 30.3 Å². The van der Waals surface area contributed by atoms with Gasteiger partial charge in [0.15, 0.2) is 0 Å². The van der Waals surface area contributed by atoms with E-state index < -0.39 is 6.10 Å². The summed E-state index contributed by atoms with van der Waals surface area (Å²) in [6.45, 7) is 8.19. The lowest BCUT2D eigenvalue weighted by Crippen LogP contribution is -2.35. The van der Waals surface area contributed by atoms with Gasteiger partial charge in [-0.2, -0.15) is 0 Å². The molecule has 20 heavy (non-hydrogen) atoms. The summed E-state index contributed by atoms with van der Waals surface area (Å²) in [6.07, 6.45) is -0.0163. The standard InChI is InChI=1S/C16H25NO2S/c1-12(17-15(19)11-20-16(2,3)4)10-14(18)13-8-6-5-7-9-13/h5-9,12,14,18H,10-11H2,1-4H3,(H,17,19)/t12-,14-/m1/s1. The van der Waals surface area contributed by atoms with Gasteiger partial charge in [0.1, 0.15) is 0 Å². The van der Waals surface area contributed by atoms with Crippen LogP contribution in [0.3, 0.4) is 0 Å². The molecule has 0 unspecified atom stereocenters. The second-order valence-corrected chi connectivity index (χ2v) is 7.83. The summed E-state index contributed by atoms with van der Waals surface area (Å²) in [4.78, 5) is 11.8. The predicted octanol–water partition coefficient (Wildman–Crippen LogP) is 3.15.